The van der Waals surface area contributed by atoms with E-state index >= 15 is 0 Å². The number of nitro benzene ring substituents is 1. The lowest BCUT2D eigenvalue weighted by atomic mass is 9.76. The first-order chi connectivity index (χ1) is 12.4. The summed E-state index contributed by atoms with van der Waals surface area (Å²) in [5, 5.41) is 11.2. The zero-order valence-corrected chi connectivity index (χ0v) is 16.6. The van der Waals surface area contributed by atoms with Crippen molar-refractivity contribution in [3.63, 3.8) is 0 Å². The van der Waals surface area contributed by atoms with Crippen molar-refractivity contribution in [2.75, 3.05) is 0 Å². The van der Waals surface area contributed by atoms with Gasteiger partial charge in [0.2, 0.25) is 0 Å². The molecule has 2 aliphatic rings. The van der Waals surface area contributed by atoms with Gasteiger partial charge in [-0.25, -0.2) is 0 Å². The molecule has 1 fully saturated rings. The first-order valence-electron chi connectivity index (χ1n) is 9.23. The minimum Gasteiger partial charge on any atom is -0.399 e. The van der Waals surface area contributed by atoms with Crippen molar-refractivity contribution in [2.45, 2.75) is 58.2 Å². The molecule has 0 saturated carbocycles. The molecule has 1 saturated heterocycles. The molecule has 6 heteroatoms. The highest BCUT2D eigenvalue weighted by Gasteiger charge is 2.52. The van der Waals surface area contributed by atoms with Crippen LogP contribution in [0.25, 0.3) is 11.1 Å². The molecule has 2 aromatic carbocycles. The van der Waals surface area contributed by atoms with Gasteiger partial charge in [0.1, 0.15) is 0 Å². The van der Waals surface area contributed by atoms with Crippen LogP contribution < -0.4 is 5.46 Å². The van der Waals surface area contributed by atoms with Crippen molar-refractivity contribution < 1.29 is 14.2 Å². The maximum Gasteiger partial charge on any atom is 0.494 e. The van der Waals surface area contributed by atoms with Crippen LogP contribution in [-0.4, -0.2) is 23.2 Å². The van der Waals surface area contributed by atoms with E-state index in [-0.39, 0.29) is 16.0 Å². The SMILES string of the molecule is CC1(C)c2ccc(B3OC(C)(C)C(C)(C)O3)cc2-c2ccc([N+](=O)[O-])cc21. The average Bonchev–Trinajstić information content (AvgIpc) is 2.94. The molecule has 0 radical (unpaired) electrons. The molecule has 1 heterocycles. The van der Waals surface area contributed by atoms with E-state index in [1.165, 1.54) is 5.56 Å². The van der Waals surface area contributed by atoms with Gasteiger partial charge in [-0.1, -0.05) is 32.0 Å². The van der Waals surface area contributed by atoms with Crippen molar-refractivity contribution in [3.8, 4) is 11.1 Å². The van der Waals surface area contributed by atoms with E-state index in [0.717, 1.165) is 22.2 Å². The summed E-state index contributed by atoms with van der Waals surface area (Å²) >= 11 is 0. The normalized spacial score (nSPS) is 21.0. The molecule has 0 spiro atoms. The second-order valence-corrected chi connectivity index (χ2v) is 9.01. The van der Waals surface area contributed by atoms with Crippen LogP contribution in [0.3, 0.4) is 0 Å². The first-order valence-corrected chi connectivity index (χ1v) is 9.23. The molecular weight excluding hydrogens is 341 g/mol. The summed E-state index contributed by atoms with van der Waals surface area (Å²) in [6, 6.07) is 11.4. The molecule has 5 nitrogen and oxygen atoms in total. The van der Waals surface area contributed by atoms with Gasteiger partial charge in [0.15, 0.2) is 0 Å². The quantitative estimate of drug-likeness (QED) is 0.455. The maximum atomic E-state index is 11.2. The molecule has 0 unspecified atom stereocenters. The number of nitrogens with zero attached hydrogens (tertiary/aromatic N) is 1. The van der Waals surface area contributed by atoms with E-state index in [9.17, 15) is 10.1 Å². The summed E-state index contributed by atoms with van der Waals surface area (Å²) in [5.74, 6) is 0. The van der Waals surface area contributed by atoms with Crippen molar-refractivity contribution in [1.29, 1.82) is 0 Å². The lowest BCUT2D eigenvalue weighted by Gasteiger charge is -2.32. The second-order valence-electron chi connectivity index (χ2n) is 9.01. The Kier molecular flexibility index (Phi) is 3.66. The molecule has 1 aliphatic heterocycles. The Morgan fingerprint density at radius 3 is 2.07 bits per heavy atom. The van der Waals surface area contributed by atoms with Crippen LogP contribution >= 0.6 is 0 Å². The van der Waals surface area contributed by atoms with Crippen molar-refractivity contribution in [1.82, 2.24) is 0 Å². The Balaban J connectivity index is 1.80. The van der Waals surface area contributed by atoms with Crippen molar-refractivity contribution >= 4 is 18.3 Å². The number of hydrogen-bond acceptors (Lipinski definition) is 4. The van der Waals surface area contributed by atoms with Gasteiger partial charge in [-0.3, -0.25) is 10.1 Å². The Bertz CT molecular complexity index is 949. The minimum atomic E-state index is -0.425. The van der Waals surface area contributed by atoms with Crippen LogP contribution in [0.5, 0.6) is 0 Å². The predicted octanol–water partition coefficient (Wildman–Crippen LogP) is 4.20. The second kappa shape index (κ2) is 5.43. The van der Waals surface area contributed by atoms with Crippen LogP contribution in [0, 0.1) is 10.1 Å². The third-order valence-corrected chi connectivity index (χ3v) is 6.42. The molecule has 0 amide bonds. The van der Waals surface area contributed by atoms with Crippen LogP contribution in [0.4, 0.5) is 5.69 Å². The van der Waals surface area contributed by atoms with Gasteiger partial charge in [-0.05, 0) is 61.5 Å². The molecule has 0 N–H and O–H groups in total. The van der Waals surface area contributed by atoms with Crippen LogP contribution in [0.15, 0.2) is 36.4 Å². The largest absolute Gasteiger partial charge is 0.494 e. The Morgan fingerprint density at radius 2 is 1.48 bits per heavy atom. The van der Waals surface area contributed by atoms with Crippen LogP contribution in [0.1, 0.15) is 52.7 Å². The molecule has 0 atom stereocenters. The third kappa shape index (κ3) is 2.54. The van der Waals surface area contributed by atoms with Crippen molar-refractivity contribution in [2.24, 2.45) is 0 Å². The van der Waals surface area contributed by atoms with E-state index in [0.29, 0.717) is 0 Å². The number of non-ortho nitro benzene ring substituents is 1. The zero-order valence-electron chi connectivity index (χ0n) is 16.6. The molecule has 2 aromatic rings. The Morgan fingerprint density at radius 1 is 0.852 bits per heavy atom. The highest BCUT2D eigenvalue weighted by Crippen LogP contribution is 2.49. The summed E-state index contributed by atoms with van der Waals surface area (Å²) in [4.78, 5) is 10.9. The van der Waals surface area contributed by atoms with Crippen LogP contribution in [-0.2, 0) is 14.7 Å². The summed E-state index contributed by atoms with van der Waals surface area (Å²) in [6.07, 6.45) is 0. The molecular formula is C21H24BNO4. The number of benzene rings is 2. The van der Waals surface area contributed by atoms with E-state index in [1.807, 2.05) is 39.8 Å². The molecule has 4 rings (SSSR count). The summed E-state index contributed by atoms with van der Waals surface area (Å²) in [6.45, 7) is 12.4. The fraction of sp³-hybridized carbons (Fsp3) is 0.429. The fourth-order valence-electron chi connectivity index (χ4n) is 4.00. The minimum absolute atomic E-state index is 0.126. The average molecular weight is 365 g/mol. The van der Waals surface area contributed by atoms with Gasteiger partial charge in [0.25, 0.3) is 5.69 Å². The molecule has 140 valence electrons. The lowest BCUT2D eigenvalue weighted by molar-refractivity contribution is -0.384. The standard InChI is InChI=1S/C21H24BNO4/c1-19(2)17-10-7-13(22-26-20(3,4)21(5,6)27-22)11-16(17)15-9-8-14(23(24)25)12-18(15)19/h7-12H,1-6H3. The number of hydrogen-bond donors (Lipinski definition) is 0. The zero-order chi connectivity index (χ0) is 19.8. The third-order valence-electron chi connectivity index (χ3n) is 6.42. The van der Waals surface area contributed by atoms with Gasteiger partial charge in [0, 0.05) is 17.5 Å². The number of rotatable bonds is 2. The van der Waals surface area contributed by atoms with E-state index in [1.54, 1.807) is 12.1 Å². The highest BCUT2D eigenvalue weighted by molar-refractivity contribution is 6.62. The summed E-state index contributed by atoms with van der Waals surface area (Å²) in [7, 11) is -0.425. The van der Waals surface area contributed by atoms with Crippen LogP contribution in [0.2, 0.25) is 0 Å². The lowest BCUT2D eigenvalue weighted by Crippen LogP contribution is -2.41. The topological polar surface area (TPSA) is 61.6 Å². The van der Waals surface area contributed by atoms with Gasteiger partial charge in [0.05, 0.1) is 16.1 Å². The number of nitro groups is 1. The van der Waals surface area contributed by atoms with Gasteiger partial charge < -0.3 is 9.31 Å². The highest BCUT2D eigenvalue weighted by atomic mass is 16.7. The number of fused-ring (bicyclic) bond motifs is 3. The fourth-order valence-corrected chi connectivity index (χ4v) is 4.00. The Labute approximate surface area is 160 Å². The van der Waals surface area contributed by atoms with E-state index < -0.39 is 18.3 Å². The van der Waals surface area contributed by atoms with Gasteiger partial charge in [-0.15, -0.1) is 0 Å². The van der Waals surface area contributed by atoms with Gasteiger partial charge >= 0.3 is 7.12 Å². The maximum absolute atomic E-state index is 11.2. The molecule has 0 bridgehead atoms. The van der Waals surface area contributed by atoms with Crippen molar-refractivity contribution in [3.05, 3.63) is 57.6 Å². The van der Waals surface area contributed by atoms with E-state index in [2.05, 4.69) is 26.0 Å². The predicted molar refractivity (Wildman–Crippen MR) is 106 cm³/mol. The molecule has 0 aromatic heterocycles. The summed E-state index contributed by atoms with van der Waals surface area (Å²) < 4.78 is 12.4. The smallest absolute Gasteiger partial charge is 0.399 e. The first kappa shape index (κ1) is 18.2. The monoisotopic (exact) mass is 365 g/mol. The van der Waals surface area contributed by atoms with E-state index in [4.69, 9.17) is 9.31 Å². The van der Waals surface area contributed by atoms with Gasteiger partial charge in [-0.2, -0.15) is 0 Å². The summed E-state index contributed by atoms with van der Waals surface area (Å²) in [5.41, 5.74) is 4.30. The molecule has 1 aliphatic carbocycles. The molecule has 27 heavy (non-hydrogen) atoms. The Hall–Kier alpha value is -2.18.